The fraction of sp³-hybridized carbons (Fsp3) is 0.250. The first-order valence-corrected chi connectivity index (χ1v) is 8.66. The second-order valence-electron chi connectivity index (χ2n) is 5.93. The number of carbonyl (C=O) groups excluding carboxylic acids is 1. The van der Waals surface area contributed by atoms with Crippen LogP contribution in [0.3, 0.4) is 0 Å². The summed E-state index contributed by atoms with van der Waals surface area (Å²) in [6.07, 6.45) is 0. The molecule has 0 saturated carbocycles. The topological polar surface area (TPSA) is 64.4 Å². The summed E-state index contributed by atoms with van der Waals surface area (Å²) in [5.74, 6) is -0.548. The molecule has 1 heterocycles. The average molecular weight is 369 g/mol. The summed E-state index contributed by atoms with van der Waals surface area (Å²) in [5.41, 5.74) is 0.764. The van der Waals surface area contributed by atoms with E-state index < -0.39 is 11.8 Å². The Morgan fingerprint density at radius 2 is 1.93 bits per heavy atom. The number of carbonyl (C=O) groups is 1. The predicted octanol–water partition coefficient (Wildman–Crippen LogP) is 3.16. The molecule has 0 fully saturated rings. The van der Waals surface area contributed by atoms with Gasteiger partial charge in [0.05, 0.1) is 29.3 Å². The minimum atomic E-state index is -0.502. The van der Waals surface area contributed by atoms with E-state index in [0.717, 1.165) is 0 Å². The van der Waals surface area contributed by atoms with Gasteiger partial charge in [-0.2, -0.15) is 0 Å². The predicted molar refractivity (Wildman–Crippen MR) is 102 cm³/mol. The van der Waals surface area contributed by atoms with Crippen molar-refractivity contribution >= 4 is 22.8 Å². The van der Waals surface area contributed by atoms with E-state index in [2.05, 4.69) is 4.98 Å². The van der Waals surface area contributed by atoms with Crippen LogP contribution >= 0.6 is 0 Å². The largest absolute Gasteiger partial charge is 0.465 e. The third kappa shape index (κ3) is 3.40. The third-order valence-corrected chi connectivity index (χ3v) is 4.39. The molecule has 0 N–H and O–H groups in total. The van der Waals surface area contributed by atoms with Gasteiger partial charge in [-0.05, 0) is 50.2 Å². The van der Waals surface area contributed by atoms with E-state index in [0.29, 0.717) is 41.2 Å². The van der Waals surface area contributed by atoms with Crippen molar-refractivity contribution in [3.05, 3.63) is 64.2 Å². The lowest BCUT2D eigenvalue weighted by atomic mass is 10.1. The van der Waals surface area contributed by atoms with E-state index in [4.69, 9.17) is 4.74 Å². The van der Waals surface area contributed by atoms with E-state index in [1.54, 1.807) is 18.2 Å². The van der Waals surface area contributed by atoms with E-state index in [-0.39, 0.29) is 5.56 Å². The molecule has 6 nitrogen and oxygen atoms in total. The van der Waals surface area contributed by atoms with Crippen LogP contribution in [0.25, 0.3) is 16.6 Å². The highest BCUT2D eigenvalue weighted by Crippen LogP contribution is 2.21. The molecule has 3 aromatic rings. The smallest absolute Gasteiger partial charge is 0.337 e. The van der Waals surface area contributed by atoms with E-state index in [1.807, 2.05) is 18.7 Å². The molecular formula is C20H20FN3O3. The number of hydrogen-bond acceptors (Lipinski definition) is 5. The van der Waals surface area contributed by atoms with Gasteiger partial charge in [-0.15, -0.1) is 0 Å². The van der Waals surface area contributed by atoms with Gasteiger partial charge < -0.3 is 9.64 Å². The maximum Gasteiger partial charge on any atom is 0.337 e. The molecular weight excluding hydrogens is 349 g/mol. The summed E-state index contributed by atoms with van der Waals surface area (Å²) in [6.45, 7) is 5.11. The van der Waals surface area contributed by atoms with Gasteiger partial charge in [-0.3, -0.25) is 4.79 Å². The number of anilines is 1. The van der Waals surface area contributed by atoms with Crippen LogP contribution in [0.4, 0.5) is 10.3 Å². The second kappa shape index (κ2) is 7.57. The molecule has 0 aliphatic carbocycles. The monoisotopic (exact) mass is 369 g/mol. The third-order valence-electron chi connectivity index (χ3n) is 4.39. The maximum absolute atomic E-state index is 13.8. The summed E-state index contributed by atoms with van der Waals surface area (Å²) >= 11 is 0. The van der Waals surface area contributed by atoms with Crippen LogP contribution in [0.5, 0.6) is 0 Å². The lowest BCUT2D eigenvalue weighted by Crippen LogP contribution is -2.32. The lowest BCUT2D eigenvalue weighted by molar-refractivity contribution is 0.0601. The van der Waals surface area contributed by atoms with Gasteiger partial charge >= 0.3 is 5.97 Å². The van der Waals surface area contributed by atoms with Gasteiger partial charge in [-0.1, -0.05) is 6.07 Å². The molecule has 1 aromatic heterocycles. The molecule has 0 atom stereocenters. The number of halogens is 1. The highest BCUT2D eigenvalue weighted by molar-refractivity contribution is 5.94. The van der Waals surface area contributed by atoms with Crippen LogP contribution in [0, 0.1) is 5.82 Å². The van der Waals surface area contributed by atoms with Crippen molar-refractivity contribution < 1.29 is 13.9 Å². The van der Waals surface area contributed by atoms with Crippen LogP contribution in [-0.4, -0.2) is 35.7 Å². The van der Waals surface area contributed by atoms with E-state index >= 15 is 0 Å². The number of hydrogen-bond donors (Lipinski definition) is 0. The lowest BCUT2D eigenvalue weighted by Gasteiger charge is -2.24. The van der Waals surface area contributed by atoms with Crippen LogP contribution < -0.4 is 10.5 Å². The zero-order valence-electron chi connectivity index (χ0n) is 15.4. The van der Waals surface area contributed by atoms with Crippen molar-refractivity contribution in [3.63, 3.8) is 0 Å². The van der Waals surface area contributed by atoms with Crippen LogP contribution in [0.2, 0.25) is 0 Å². The number of nitrogens with zero attached hydrogens (tertiary/aromatic N) is 3. The Morgan fingerprint density at radius 3 is 2.56 bits per heavy atom. The number of methoxy groups -OCH3 is 1. The number of ether oxygens (including phenoxy) is 1. The molecule has 27 heavy (non-hydrogen) atoms. The van der Waals surface area contributed by atoms with Gasteiger partial charge in [0.1, 0.15) is 5.82 Å². The molecule has 0 radical (unpaired) electrons. The number of rotatable bonds is 5. The zero-order valence-corrected chi connectivity index (χ0v) is 15.4. The van der Waals surface area contributed by atoms with Crippen molar-refractivity contribution in [3.8, 4) is 5.69 Å². The van der Waals surface area contributed by atoms with E-state index in [9.17, 15) is 14.0 Å². The summed E-state index contributed by atoms with van der Waals surface area (Å²) < 4.78 is 19.9. The quantitative estimate of drug-likeness (QED) is 0.647. The number of fused-ring (bicyclic) bond motifs is 1. The number of aromatic nitrogens is 2. The Bertz CT molecular complexity index is 1060. The average Bonchev–Trinajstić information content (AvgIpc) is 2.68. The van der Waals surface area contributed by atoms with Gasteiger partial charge in [0.2, 0.25) is 5.95 Å². The Hall–Kier alpha value is -3.22. The summed E-state index contributed by atoms with van der Waals surface area (Å²) in [5, 5.41) is 0.336. The van der Waals surface area contributed by atoms with Gasteiger partial charge in [0.15, 0.2) is 0 Å². The Balaban J connectivity index is 2.36. The molecule has 7 heteroatoms. The first kappa shape index (κ1) is 18.6. The number of esters is 1. The standard InChI is InChI=1S/C20H20FN3O3/c1-4-23(5-2)20-22-17-11-13(19(26)27-3)9-10-16(17)18(25)24(20)15-8-6-7-14(21)12-15/h6-12H,4-5H2,1-3H3. The summed E-state index contributed by atoms with van der Waals surface area (Å²) in [4.78, 5) is 31.5. The van der Waals surface area contributed by atoms with Gasteiger partial charge in [0, 0.05) is 13.1 Å². The highest BCUT2D eigenvalue weighted by Gasteiger charge is 2.18. The Morgan fingerprint density at radius 1 is 1.19 bits per heavy atom. The normalized spacial score (nSPS) is 10.8. The second-order valence-corrected chi connectivity index (χ2v) is 5.93. The van der Waals surface area contributed by atoms with Crippen molar-refractivity contribution in [2.24, 2.45) is 0 Å². The fourth-order valence-corrected chi connectivity index (χ4v) is 2.99. The molecule has 0 amide bonds. The fourth-order valence-electron chi connectivity index (χ4n) is 2.99. The van der Waals surface area contributed by atoms with E-state index in [1.165, 1.54) is 35.9 Å². The van der Waals surface area contributed by atoms with Crippen LogP contribution in [0.1, 0.15) is 24.2 Å². The molecule has 0 aliphatic rings. The molecule has 3 rings (SSSR count). The molecule has 0 saturated heterocycles. The minimum Gasteiger partial charge on any atom is -0.465 e. The van der Waals surface area contributed by atoms with Crippen molar-refractivity contribution in [1.82, 2.24) is 9.55 Å². The van der Waals surface area contributed by atoms with Crippen LogP contribution in [-0.2, 0) is 4.74 Å². The molecule has 140 valence electrons. The SMILES string of the molecule is CCN(CC)c1nc2cc(C(=O)OC)ccc2c(=O)n1-c1cccc(F)c1. The van der Waals surface area contributed by atoms with Crippen molar-refractivity contribution in [1.29, 1.82) is 0 Å². The van der Waals surface area contributed by atoms with Crippen molar-refractivity contribution in [2.45, 2.75) is 13.8 Å². The zero-order chi connectivity index (χ0) is 19.6. The number of benzene rings is 2. The van der Waals surface area contributed by atoms with Gasteiger partial charge in [-0.25, -0.2) is 18.7 Å². The summed E-state index contributed by atoms with van der Waals surface area (Å²) in [6, 6.07) is 10.4. The molecule has 0 unspecified atom stereocenters. The summed E-state index contributed by atoms with van der Waals surface area (Å²) in [7, 11) is 1.29. The first-order valence-electron chi connectivity index (χ1n) is 8.66. The highest BCUT2D eigenvalue weighted by atomic mass is 19.1. The molecule has 0 bridgehead atoms. The van der Waals surface area contributed by atoms with Crippen molar-refractivity contribution in [2.75, 3.05) is 25.1 Å². The van der Waals surface area contributed by atoms with Gasteiger partial charge in [0.25, 0.3) is 5.56 Å². The maximum atomic E-state index is 13.8. The minimum absolute atomic E-state index is 0.311. The molecule has 2 aromatic carbocycles. The first-order chi connectivity index (χ1) is 13.0. The molecule has 0 aliphatic heterocycles. The van der Waals surface area contributed by atoms with Crippen LogP contribution in [0.15, 0.2) is 47.3 Å². The Labute approximate surface area is 155 Å². The Kier molecular flexibility index (Phi) is 5.21. The molecule has 0 spiro atoms.